The number of aliphatic carboxylic acids is 1. The van der Waals surface area contributed by atoms with E-state index in [2.05, 4.69) is 16.6 Å². The van der Waals surface area contributed by atoms with Crippen molar-refractivity contribution in [3.05, 3.63) is 12.7 Å². The zero-order valence-corrected chi connectivity index (χ0v) is 12.5. The average molecular weight is 300 g/mol. The van der Waals surface area contributed by atoms with Crippen molar-refractivity contribution < 1.29 is 14.6 Å². The first kappa shape index (κ1) is 14.6. The zero-order chi connectivity index (χ0) is 14.0. The van der Waals surface area contributed by atoms with Crippen LogP contribution in [0.4, 0.5) is 0 Å². The molecule has 0 radical (unpaired) electrons. The van der Waals surface area contributed by atoms with Gasteiger partial charge >= 0.3 is 5.97 Å². The second-order valence-corrected chi connectivity index (χ2v) is 6.47. The van der Waals surface area contributed by atoms with Crippen molar-refractivity contribution in [2.45, 2.75) is 24.6 Å². The summed E-state index contributed by atoms with van der Waals surface area (Å²) in [6.45, 7) is 5.74. The van der Waals surface area contributed by atoms with Gasteiger partial charge in [-0.3, -0.25) is 9.98 Å². The second kappa shape index (κ2) is 5.68. The lowest BCUT2D eigenvalue weighted by atomic mass is 9.98. The maximum atomic E-state index is 10.9. The Morgan fingerprint density at radius 2 is 2.11 bits per heavy atom. The molecule has 1 N–H and O–H groups in total. The van der Waals surface area contributed by atoms with Crippen LogP contribution >= 0.6 is 23.5 Å². The van der Waals surface area contributed by atoms with Gasteiger partial charge in [-0.1, -0.05) is 6.08 Å². The first-order valence-electron chi connectivity index (χ1n) is 5.83. The van der Waals surface area contributed by atoms with E-state index in [9.17, 15) is 4.79 Å². The van der Waals surface area contributed by atoms with E-state index in [1.807, 2.05) is 6.92 Å². The van der Waals surface area contributed by atoms with E-state index in [0.29, 0.717) is 5.75 Å². The fraction of sp³-hybridized carbons (Fsp3) is 0.583. The number of thioether (sulfide) groups is 2. The van der Waals surface area contributed by atoms with Gasteiger partial charge < -0.3 is 9.84 Å². The lowest BCUT2D eigenvalue weighted by Gasteiger charge is -2.28. The van der Waals surface area contributed by atoms with Crippen LogP contribution in [0.5, 0.6) is 0 Å². The molecule has 2 aliphatic rings. The van der Waals surface area contributed by atoms with Gasteiger partial charge in [-0.25, -0.2) is 4.79 Å². The van der Waals surface area contributed by atoms with Crippen LogP contribution < -0.4 is 0 Å². The van der Waals surface area contributed by atoms with Crippen molar-refractivity contribution in [2.75, 3.05) is 18.6 Å². The van der Waals surface area contributed by atoms with E-state index in [4.69, 9.17) is 9.84 Å². The molecule has 0 saturated heterocycles. The number of rotatable bonds is 5. The molecule has 2 heterocycles. The van der Waals surface area contributed by atoms with Crippen molar-refractivity contribution >= 4 is 39.6 Å². The van der Waals surface area contributed by atoms with E-state index in [0.717, 1.165) is 15.8 Å². The van der Waals surface area contributed by atoms with Crippen molar-refractivity contribution in [2.24, 2.45) is 9.98 Å². The molecule has 2 unspecified atom stereocenters. The van der Waals surface area contributed by atoms with Gasteiger partial charge in [0.05, 0.1) is 6.04 Å². The van der Waals surface area contributed by atoms with E-state index in [1.165, 1.54) is 11.8 Å². The van der Waals surface area contributed by atoms with Crippen LogP contribution in [0.2, 0.25) is 0 Å². The number of nitrogens with zero attached hydrogens (tertiary/aromatic N) is 2. The Labute approximate surface area is 120 Å². The summed E-state index contributed by atoms with van der Waals surface area (Å²) in [7, 11) is 1.64. The highest BCUT2D eigenvalue weighted by Gasteiger charge is 2.37. The van der Waals surface area contributed by atoms with Crippen LogP contribution in [-0.2, 0) is 9.53 Å². The second-order valence-electron chi connectivity index (χ2n) is 4.45. The lowest BCUT2D eigenvalue weighted by Crippen LogP contribution is -2.38. The molecule has 0 bridgehead atoms. The van der Waals surface area contributed by atoms with Crippen molar-refractivity contribution in [1.29, 1.82) is 0 Å². The van der Waals surface area contributed by atoms with Gasteiger partial charge in [-0.15, -0.1) is 30.1 Å². The normalized spacial score (nSPS) is 29.6. The number of hydrogen-bond acceptors (Lipinski definition) is 6. The average Bonchev–Trinajstić information content (AvgIpc) is 3.05. The Morgan fingerprint density at radius 1 is 1.47 bits per heavy atom. The molecular weight excluding hydrogens is 284 g/mol. The largest absolute Gasteiger partial charge is 0.480 e. The number of hydrogen-bond donors (Lipinski definition) is 1. The molecule has 7 heteroatoms. The van der Waals surface area contributed by atoms with Crippen LogP contribution in [0, 0.1) is 0 Å². The summed E-state index contributed by atoms with van der Waals surface area (Å²) in [5.41, 5.74) is -0.495. The van der Waals surface area contributed by atoms with Crippen molar-refractivity contribution in [1.82, 2.24) is 0 Å². The molecule has 5 nitrogen and oxygen atoms in total. The maximum absolute atomic E-state index is 10.9. The Morgan fingerprint density at radius 3 is 2.63 bits per heavy atom. The van der Waals surface area contributed by atoms with E-state index in [-0.39, 0.29) is 6.04 Å². The van der Waals surface area contributed by atoms with E-state index < -0.39 is 17.6 Å². The van der Waals surface area contributed by atoms with Gasteiger partial charge in [0.15, 0.2) is 6.04 Å². The summed E-state index contributed by atoms with van der Waals surface area (Å²) < 4.78 is 5.46. The highest BCUT2D eigenvalue weighted by atomic mass is 32.2. The summed E-state index contributed by atoms with van der Waals surface area (Å²) in [4.78, 5) is 19.7. The Kier molecular flexibility index (Phi) is 4.37. The molecule has 0 spiro atoms. The minimum Gasteiger partial charge on any atom is -0.480 e. The molecule has 0 amide bonds. The summed E-state index contributed by atoms with van der Waals surface area (Å²) in [6, 6.07) is -0.655. The van der Waals surface area contributed by atoms with Crippen LogP contribution in [0.3, 0.4) is 0 Å². The van der Waals surface area contributed by atoms with Crippen LogP contribution in [0.15, 0.2) is 22.6 Å². The summed E-state index contributed by atoms with van der Waals surface area (Å²) in [5, 5.41) is 10.5. The minimum atomic E-state index is -0.879. The number of carboxylic acids is 1. The number of methoxy groups -OCH3 is 1. The van der Waals surface area contributed by atoms with Gasteiger partial charge in [0, 0.05) is 18.6 Å². The smallest absolute Gasteiger partial charge is 0.329 e. The summed E-state index contributed by atoms with van der Waals surface area (Å²) in [5.74, 6) is 0.400. The van der Waals surface area contributed by atoms with Crippen LogP contribution in [-0.4, -0.2) is 57.5 Å². The van der Waals surface area contributed by atoms with E-state index in [1.54, 1.807) is 24.9 Å². The lowest BCUT2D eigenvalue weighted by molar-refractivity contribution is -0.137. The number of aliphatic imine (C=N–C) groups is 2. The molecule has 0 aromatic heterocycles. The Balaban J connectivity index is 2.14. The molecular formula is C12H16N2O3S2. The molecule has 104 valence electrons. The molecule has 0 fully saturated rings. The topological polar surface area (TPSA) is 71.2 Å². The van der Waals surface area contributed by atoms with Gasteiger partial charge in [-0.05, 0) is 6.92 Å². The Hall–Kier alpha value is -0.790. The number of ether oxygens (including phenoxy) is 1. The van der Waals surface area contributed by atoms with Gasteiger partial charge in [0.1, 0.15) is 15.7 Å². The monoisotopic (exact) mass is 300 g/mol. The third-order valence-electron chi connectivity index (χ3n) is 3.28. The standard InChI is InChI=1S/C12H16N2O3S2/c1-4-12(2,17-3)8-6-19-10(14-8)9-13-7(5-18-9)11(15)16/h4,7-8H,1,5-6H2,2-3H3,(H,15,16)/t7?,8-,12?/m1/s1. The van der Waals surface area contributed by atoms with Crippen LogP contribution in [0.1, 0.15) is 6.92 Å². The van der Waals surface area contributed by atoms with Crippen LogP contribution in [0.25, 0.3) is 0 Å². The minimum absolute atomic E-state index is 0.0119. The number of carboxylic acid groups (broad SMARTS) is 1. The molecule has 3 atom stereocenters. The van der Waals surface area contributed by atoms with Gasteiger partial charge in [-0.2, -0.15) is 0 Å². The van der Waals surface area contributed by atoms with Crippen molar-refractivity contribution in [3.63, 3.8) is 0 Å². The number of carbonyl (C=O) groups is 1. The first-order chi connectivity index (χ1) is 9.00. The SMILES string of the molecule is C=CC(C)(OC)[C@H]1CSC(C2=NC(C(=O)O)CS2)=N1. The molecule has 0 aromatic carbocycles. The first-order valence-corrected chi connectivity index (χ1v) is 7.80. The fourth-order valence-electron chi connectivity index (χ4n) is 1.76. The molecule has 2 rings (SSSR count). The predicted octanol–water partition coefficient (Wildman–Crippen LogP) is 1.69. The quantitative estimate of drug-likeness (QED) is 0.782. The summed E-state index contributed by atoms with van der Waals surface area (Å²) in [6.07, 6.45) is 1.76. The molecule has 0 saturated carbocycles. The molecule has 2 aliphatic heterocycles. The summed E-state index contributed by atoms with van der Waals surface area (Å²) >= 11 is 3.05. The van der Waals surface area contributed by atoms with E-state index >= 15 is 0 Å². The molecule has 0 aromatic rings. The third kappa shape index (κ3) is 2.88. The fourth-order valence-corrected chi connectivity index (χ4v) is 4.12. The van der Waals surface area contributed by atoms with Gasteiger partial charge in [0.25, 0.3) is 0 Å². The zero-order valence-electron chi connectivity index (χ0n) is 10.8. The van der Waals surface area contributed by atoms with Gasteiger partial charge in [0.2, 0.25) is 0 Å². The van der Waals surface area contributed by atoms with Crippen molar-refractivity contribution in [3.8, 4) is 0 Å². The molecule has 19 heavy (non-hydrogen) atoms. The highest BCUT2D eigenvalue weighted by Crippen LogP contribution is 2.33. The maximum Gasteiger partial charge on any atom is 0.329 e. The highest BCUT2D eigenvalue weighted by molar-refractivity contribution is 8.25. The molecule has 0 aliphatic carbocycles. The predicted molar refractivity (Wildman–Crippen MR) is 80.6 cm³/mol. The Bertz CT molecular complexity index is 464. The third-order valence-corrected chi connectivity index (χ3v) is 5.52.